The van der Waals surface area contributed by atoms with Gasteiger partial charge in [-0.1, -0.05) is 32.9 Å². The maximum Gasteiger partial charge on any atom is -0.00222 e. The van der Waals surface area contributed by atoms with Crippen molar-refractivity contribution in [3.05, 3.63) is 12.2 Å². The van der Waals surface area contributed by atoms with Crippen molar-refractivity contribution < 1.29 is 0 Å². The zero-order valence-electron chi connectivity index (χ0n) is 9.51. The fraction of sp³-hybridized carbons (Fsp3) is 0.857. The molecular formula is C14H20. The second-order valence-electron chi connectivity index (χ2n) is 7.29. The van der Waals surface area contributed by atoms with Gasteiger partial charge >= 0.3 is 0 Å². The Morgan fingerprint density at radius 1 is 1.21 bits per heavy atom. The Morgan fingerprint density at radius 2 is 2.00 bits per heavy atom. The largest absolute Gasteiger partial charge is 0.0839 e. The monoisotopic (exact) mass is 188 g/mol. The van der Waals surface area contributed by atoms with Crippen molar-refractivity contribution in [1.82, 2.24) is 0 Å². The molecule has 4 aliphatic carbocycles. The summed E-state index contributed by atoms with van der Waals surface area (Å²) < 4.78 is 0. The Kier molecular flexibility index (Phi) is 0.991. The van der Waals surface area contributed by atoms with Crippen LogP contribution >= 0.6 is 0 Å². The van der Waals surface area contributed by atoms with Gasteiger partial charge in [-0.05, 0) is 53.3 Å². The summed E-state index contributed by atoms with van der Waals surface area (Å²) in [5.74, 6) is 3.09. The standard InChI is InChI=1S/C14H20/c1-12(2)7-9-6-11-10-4-5-14(9,8-12)13(10,11)3/h4-5,9-11H,6-8H2,1-3H3/t9-,10?,11?,13+,14?/m1/s1. The molecule has 76 valence electrons. The van der Waals surface area contributed by atoms with E-state index in [1.165, 1.54) is 19.3 Å². The third-order valence-corrected chi connectivity index (χ3v) is 6.23. The molecule has 14 heavy (non-hydrogen) atoms. The van der Waals surface area contributed by atoms with Gasteiger partial charge in [-0.3, -0.25) is 0 Å². The van der Waals surface area contributed by atoms with Gasteiger partial charge in [0.2, 0.25) is 0 Å². The van der Waals surface area contributed by atoms with Gasteiger partial charge in [-0.25, -0.2) is 0 Å². The topological polar surface area (TPSA) is 0 Å². The van der Waals surface area contributed by atoms with Gasteiger partial charge in [0.1, 0.15) is 0 Å². The van der Waals surface area contributed by atoms with E-state index in [-0.39, 0.29) is 0 Å². The average Bonchev–Trinajstić information content (AvgIpc) is 2.31. The Bertz CT molecular complexity index is 351. The van der Waals surface area contributed by atoms with Crippen molar-refractivity contribution in [3.8, 4) is 0 Å². The van der Waals surface area contributed by atoms with E-state index in [1.54, 1.807) is 0 Å². The van der Waals surface area contributed by atoms with Crippen molar-refractivity contribution in [2.24, 2.45) is 34.0 Å². The van der Waals surface area contributed by atoms with E-state index in [9.17, 15) is 0 Å². The van der Waals surface area contributed by atoms with Crippen molar-refractivity contribution in [2.75, 3.05) is 0 Å². The highest BCUT2D eigenvalue weighted by Gasteiger charge is 2.80. The molecule has 5 atom stereocenters. The predicted molar refractivity (Wildman–Crippen MR) is 57.8 cm³/mol. The highest BCUT2D eigenvalue weighted by molar-refractivity contribution is 5.40. The number of allylic oxidation sites excluding steroid dienone is 2. The molecular weight excluding hydrogens is 168 g/mol. The van der Waals surface area contributed by atoms with E-state index in [4.69, 9.17) is 0 Å². The molecule has 0 saturated heterocycles. The van der Waals surface area contributed by atoms with Crippen LogP contribution in [0, 0.1) is 34.0 Å². The first kappa shape index (κ1) is 7.96. The number of hydrogen-bond donors (Lipinski definition) is 0. The fourth-order valence-corrected chi connectivity index (χ4v) is 5.76. The number of hydrogen-bond acceptors (Lipinski definition) is 0. The zero-order valence-corrected chi connectivity index (χ0v) is 9.51. The molecule has 0 aliphatic heterocycles. The van der Waals surface area contributed by atoms with Crippen LogP contribution in [0.2, 0.25) is 0 Å². The predicted octanol–water partition coefficient (Wildman–Crippen LogP) is 3.63. The molecule has 4 rings (SSSR count). The summed E-state index contributed by atoms with van der Waals surface area (Å²) in [7, 11) is 0. The lowest BCUT2D eigenvalue weighted by Gasteiger charge is -2.33. The molecule has 0 N–H and O–H groups in total. The third kappa shape index (κ3) is 0.547. The van der Waals surface area contributed by atoms with E-state index in [2.05, 4.69) is 32.9 Å². The van der Waals surface area contributed by atoms with Crippen LogP contribution in [-0.4, -0.2) is 0 Å². The molecule has 3 unspecified atom stereocenters. The van der Waals surface area contributed by atoms with Gasteiger partial charge in [0.25, 0.3) is 0 Å². The van der Waals surface area contributed by atoms with Crippen molar-refractivity contribution >= 4 is 0 Å². The molecule has 1 spiro atoms. The third-order valence-electron chi connectivity index (χ3n) is 6.23. The van der Waals surface area contributed by atoms with Gasteiger partial charge < -0.3 is 0 Å². The van der Waals surface area contributed by atoms with Crippen LogP contribution in [0.3, 0.4) is 0 Å². The highest BCUT2D eigenvalue weighted by atomic mass is 14.8. The summed E-state index contributed by atoms with van der Waals surface area (Å²) in [6.07, 6.45) is 9.67. The highest BCUT2D eigenvalue weighted by Crippen LogP contribution is 2.86. The van der Waals surface area contributed by atoms with Crippen molar-refractivity contribution in [3.63, 3.8) is 0 Å². The molecule has 3 saturated carbocycles. The molecule has 3 fully saturated rings. The van der Waals surface area contributed by atoms with E-state index in [0.717, 1.165) is 17.8 Å². The summed E-state index contributed by atoms with van der Waals surface area (Å²) in [5, 5.41) is 0. The summed E-state index contributed by atoms with van der Waals surface area (Å²) in [6, 6.07) is 0. The lowest BCUT2D eigenvalue weighted by molar-refractivity contribution is 0.189. The summed E-state index contributed by atoms with van der Waals surface area (Å²) in [6.45, 7) is 7.52. The lowest BCUT2D eigenvalue weighted by Crippen LogP contribution is -2.27. The van der Waals surface area contributed by atoms with Gasteiger partial charge in [-0.2, -0.15) is 0 Å². The molecule has 0 aromatic rings. The van der Waals surface area contributed by atoms with Crippen LogP contribution in [-0.2, 0) is 0 Å². The first-order valence-corrected chi connectivity index (χ1v) is 6.19. The normalized spacial score (nSPS) is 65.5. The van der Waals surface area contributed by atoms with Crippen LogP contribution in [0.4, 0.5) is 0 Å². The maximum atomic E-state index is 2.63. The minimum atomic E-state index is 0.612. The smallest absolute Gasteiger partial charge is 0.00222 e. The molecule has 0 bridgehead atoms. The van der Waals surface area contributed by atoms with Gasteiger partial charge in [0.05, 0.1) is 0 Å². The Morgan fingerprint density at radius 3 is 2.79 bits per heavy atom. The summed E-state index contributed by atoms with van der Waals surface area (Å²) >= 11 is 0. The Hall–Kier alpha value is -0.260. The first-order valence-electron chi connectivity index (χ1n) is 6.19. The molecule has 0 radical (unpaired) electrons. The minimum absolute atomic E-state index is 0.612. The average molecular weight is 188 g/mol. The van der Waals surface area contributed by atoms with E-state index < -0.39 is 0 Å². The van der Waals surface area contributed by atoms with Crippen molar-refractivity contribution in [2.45, 2.75) is 40.0 Å². The molecule has 0 heterocycles. The van der Waals surface area contributed by atoms with E-state index >= 15 is 0 Å². The quantitative estimate of drug-likeness (QED) is 0.509. The van der Waals surface area contributed by atoms with Crippen LogP contribution in [0.5, 0.6) is 0 Å². The van der Waals surface area contributed by atoms with Crippen molar-refractivity contribution in [1.29, 1.82) is 0 Å². The second-order valence-corrected chi connectivity index (χ2v) is 7.29. The number of fused-ring (bicyclic) bond motifs is 1. The van der Waals surface area contributed by atoms with Crippen LogP contribution in [0.1, 0.15) is 40.0 Å². The van der Waals surface area contributed by atoms with Gasteiger partial charge in [0.15, 0.2) is 0 Å². The molecule has 0 aromatic heterocycles. The van der Waals surface area contributed by atoms with E-state index in [1.807, 2.05) is 0 Å². The number of rotatable bonds is 0. The van der Waals surface area contributed by atoms with Crippen LogP contribution < -0.4 is 0 Å². The Balaban J connectivity index is 1.87. The molecule has 0 amide bonds. The van der Waals surface area contributed by atoms with E-state index in [0.29, 0.717) is 16.2 Å². The molecule has 0 heteroatoms. The maximum absolute atomic E-state index is 2.63. The van der Waals surface area contributed by atoms with Gasteiger partial charge in [0, 0.05) is 0 Å². The minimum Gasteiger partial charge on any atom is -0.0839 e. The van der Waals surface area contributed by atoms with Crippen LogP contribution in [0.15, 0.2) is 12.2 Å². The summed E-state index contributed by atoms with van der Waals surface area (Å²) in [5.41, 5.74) is 1.97. The fourth-order valence-electron chi connectivity index (χ4n) is 5.76. The molecule has 0 aromatic carbocycles. The molecule has 0 nitrogen and oxygen atoms in total. The first-order chi connectivity index (χ1) is 6.50. The van der Waals surface area contributed by atoms with Gasteiger partial charge in [-0.15, -0.1) is 0 Å². The molecule has 4 aliphatic rings. The summed E-state index contributed by atoms with van der Waals surface area (Å²) in [4.78, 5) is 0. The SMILES string of the molecule is CC1(C)C[C@H]2CC3C4C=CC2(C1)[C@@]43C. The lowest BCUT2D eigenvalue weighted by atomic mass is 9.70. The zero-order chi connectivity index (χ0) is 9.77. The Labute approximate surface area is 86.8 Å². The second kappa shape index (κ2) is 1.74. The van der Waals surface area contributed by atoms with Crippen LogP contribution in [0.25, 0.3) is 0 Å².